The van der Waals surface area contributed by atoms with E-state index in [2.05, 4.69) is 29.1 Å². The molecular formula is C12H19FN4. The van der Waals surface area contributed by atoms with Gasteiger partial charge in [-0.3, -0.25) is 4.98 Å². The maximum atomic E-state index is 13.2. The van der Waals surface area contributed by atoms with Gasteiger partial charge in [0.15, 0.2) is 5.96 Å². The number of aromatic nitrogens is 1. The van der Waals surface area contributed by atoms with Crippen LogP contribution in [0.1, 0.15) is 26.0 Å². The lowest BCUT2D eigenvalue weighted by Gasteiger charge is -2.07. The number of hydrogen-bond acceptors (Lipinski definition) is 2. The Hall–Kier alpha value is -1.65. The molecule has 0 unspecified atom stereocenters. The average molecular weight is 238 g/mol. The van der Waals surface area contributed by atoms with Gasteiger partial charge in [0.05, 0.1) is 12.2 Å². The number of guanidine groups is 1. The molecule has 0 aromatic carbocycles. The van der Waals surface area contributed by atoms with Crippen molar-refractivity contribution >= 4 is 5.96 Å². The normalized spacial score (nSPS) is 11.9. The number of pyridine rings is 1. The van der Waals surface area contributed by atoms with Gasteiger partial charge in [-0.1, -0.05) is 13.8 Å². The first-order valence-electron chi connectivity index (χ1n) is 5.72. The zero-order valence-corrected chi connectivity index (χ0v) is 10.3. The van der Waals surface area contributed by atoms with Crippen LogP contribution in [0, 0.1) is 11.7 Å². The first-order chi connectivity index (χ1) is 8.09. The van der Waals surface area contributed by atoms with Crippen LogP contribution in [0.25, 0.3) is 0 Å². The number of rotatable bonds is 5. The highest BCUT2D eigenvalue weighted by Gasteiger charge is 2.01. The van der Waals surface area contributed by atoms with Gasteiger partial charge in [0.25, 0.3) is 0 Å². The molecule has 1 aromatic heterocycles. The summed E-state index contributed by atoms with van der Waals surface area (Å²) in [5, 5.41) is 2.98. The molecule has 0 fully saturated rings. The Kier molecular flexibility index (Phi) is 5.39. The van der Waals surface area contributed by atoms with E-state index in [0.717, 1.165) is 13.0 Å². The highest BCUT2D eigenvalue weighted by Crippen LogP contribution is 2.03. The Morgan fingerprint density at radius 2 is 2.35 bits per heavy atom. The fraction of sp³-hybridized carbons (Fsp3) is 0.500. The molecule has 0 bridgehead atoms. The first kappa shape index (κ1) is 13.4. The van der Waals surface area contributed by atoms with Crippen molar-refractivity contribution in [2.75, 3.05) is 6.54 Å². The fourth-order valence-electron chi connectivity index (χ4n) is 1.24. The molecule has 0 amide bonds. The molecule has 0 aliphatic heterocycles. The third kappa shape index (κ3) is 5.29. The van der Waals surface area contributed by atoms with Gasteiger partial charge in [0, 0.05) is 12.7 Å². The van der Waals surface area contributed by atoms with Crippen LogP contribution in [0.3, 0.4) is 0 Å². The summed E-state index contributed by atoms with van der Waals surface area (Å²) >= 11 is 0. The van der Waals surface area contributed by atoms with Crippen LogP contribution >= 0.6 is 0 Å². The lowest BCUT2D eigenvalue weighted by atomic mass is 10.1. The minimum Gasteiger partial charge on any atom is -0.370 e. The molecule has 0 atom stereocenters. The van der Waals surface area contributed by atoms with E-state index in [1.54, 1.807) is 6.07 Å². The van der Waals surface area contributed by atoms with Crippen LogP contribution in [0.15, 0.2) is 23.3 Å². The summed E-state index contributed by atoms with van der Waals surface area (Å²) in [6, 6.07) is 2.91. The molecule has 0 spiro atoms. The standard InChI is InChI=1S/C12H19FN4/c1-9(2)5-7-16-12(14)17-8-11-10(13)4-3-6-15-11/h3-4,6,9H,5,7-8H2,1-2H3,(H3,14,16,17). The van der Waals surface area contributed by atoms with Gasteiger partial charge >= 0.3 is 0 Å². The Morgan fingerprint density at radius 1 is 1.59 bits per heavy atom. The maximum Gasteiger partial charge on any atom is 0.188 e. The molecule has 5 heteroatoms. The van der Waals surface area contributed by atoms with Gasteiger partial charge in [-0.15, -0.1) is 0 Å². The molecule has 1 heterocycles. The third-order valence-corrected chi connectivity index (χ3v) is 2.26. The molecule has 0 saturated heterocycles. The highest BCUT2D eigenvalue weighted by molar-refractivity contribution is 5.77. The quantitative estimate of drug-likeness (QED) is 0.606. The maximum absolute atomic E-state index is 13.2. The zero-order valence-electron chi connectivity index (χ0n) is 10.3. The Balaban J connectivity index is 2.40. The fourth-order valence-corrected chi connectivity index (χ4v) is 1.24. The zero-order chi connectivity index (χ0) is 12.7. The number of aliphatic imine (C=N–C) groups is 1. The molecule has 3 N–H and O–H groups in total. The summed E-state index contributed by atoms with van der Waals surface area (Å²) < 4.78 is 13.2. The van der Waals surface area contributed by atoms with Gasteiger partial charge in [0.1, 0.15) is 5.82 Å². The van der Waals surface area contributed by atoms with Gasteiger partial charge in [-0.05, 0) is 24.5 Å². The van der Waals surface area contributed by atoms with Gasteiger partial charge in [0.2, 0.25) is 0 Å². The van der Waals surface area contributed by atoms with Crippen LogP contribution in [-0.4, -0.2) is 17.5 Å². The SMILES string of the molecule is CC(C)CCNC(N)=NCc1ncccc1F. The van der Waals surface area contributed by atoms with Gasteiger partial charge < -0.3 is 11.1 Å². The van der Waals surface area contributed by atoms with E-state index in [9.17, 15) is 4.39 Å². The molecule has 0 radical (unpaired) electrons. The van der Waals surface area contributed by atoms with Crippen LogP contribution in [0.5, 0.6) is 0 Å². The summed E-state index contributed by atoms with van der Waals surface area (Å²) in [6.45, 7) is 5.21. The molecule has 0 aliphatic rings. The predicted octanol–water partition coefficient (Wildman–Crippen LogP) is 1.67. The topological polar surface area (TPSA) is 63.3 Å². The predicted molar refractivity (Wildman–Crippen MR) is 67.0 cm³/mol. The minimum atomic E-state index is -0.355. The van der Waals surface area contributed by atoms with Crippen LogP contribution in [-0.2, 0) is 6.54 Å². The molecule has 1 rings (SSSR count). The Bertz CT molecular complexity index is 377. The van der Waals surface area contributed by atoms with Crippen LogP contribution in [0.4, 0.5) is 4.39 Å². The summed E-state index contributed by atoms with van der Waals surface area (Å²) in [5.74, 6) is 0.588. The van der Waals surface area contributed by atoms with Crippen LogP contribution in [0.2, 0.25) is 0 Å². The van der Waals surface area contributed by atoms with E-state index < -0.39 is 0 Å². The number of nitrogens with zero attached hydrogens (tertiary/aromatic N) is 2. The second-order valence-electron chi connectivity index (χ2n) is 4.24. The number of nitrogens with two attached hydrogens (primary N) is 1. The highest BCUT2D eigenvalue weighted by atomic mass is 19.1. The number of hydrogen-bond donors (Lipinski definition) is 2. The second kappa shape index (κ2) is 6.83. The lowest BCUT2D eigenvalue weighted by Crippen LogP contribution is -2.32. The van der Waals surface area contributed by atoms with Gasteiger partial charge in [-0.2, -0.15) is 0 Å². The monoisotopic (exact) mass is 238 g/mol. The van der Waals surface area contributed by atoms with E-state index in [1.807, 2.05) is 0 Å². The van der Waals surface area contributed by atoms with Crippen molar-refractivity contribution in [1.82, 2.24) is 10.3 Å². The summed E-state index contributed by atoms with van der Waals surface area (Å²) in [7, 11) is 0. The van der Waals surface area contributed by atoms with Crippen molar-refractivity contribution in [2.24, 2.45) is 16.6 Å². The molecule has 1 aromatic rings. The first-order valence-corrected chi connectivity index (χ1v) is 5.72. The summed E-state index contributed by atoms with van der Waals surface area (Å²) in [4.78, 5) is 7.93. The van der Waals surface area contributed by atoms with Crippen molar-refractivity contribution < 1.29 is 4.39 Å². The van der Waals surface area contributed by atoms with E-state index in [4.69, 9.17) is 5.73 Å². The molecule has 17 heavy (non-hydrogen) atoms. The van der Waals surface area contributed by atoms with E-state index in [-0.39, 0.29) is 12.4 Å². The molecule has 0 saturated carbocycles. The molecule has 4 nitrogen and oxygen atoms in total. The second-order valence-corrected chi connectivity index (χ2v) is 4.24. The van der Waals surface area contributed by atoms with E-state index >= 15 is 0 Å². The van der Waals surface area contributed by atoms with Crippen molar-refractivity contribution in [3.8, 4) is 0 Å². The average Bonchev–Trinajstić information content (AvgIpc) is 2.27. The minimum absolute atomic E-state index is 0.160. The molecular weight excluding hydrogens is 219 g/mol. The number of nitrogens with one attached hydrogen (secondary N) is 1. The Morgan fingerprint density at radius 3 is 3.00 bits per heavy atom. The van der Waals surface area contributed by atoms with E-state index in [0.29, 0.717) is 17.6 Å². The lowest BCUT2D eigenvalue weighted by molar-refractivity contribution is 0.576. The summed E-state index contributed by atoms with van der Waals surface area (Å²) in [6.07, 6.45) is 2.56. The molecule has 0 aliphatic carbocycles. The smallest absolute Gasteiger partial charge is 0.188 e. The largest absolute Gasteiger partial charge is 0.370 e. The van der Waals surface area contributed by atoms with Crippen LogP contribution < -0.4 is 11.1 Å². The number of halogens is 1. The molecule has 94 valence electrons. The third-order valence-electron chi connectivity index (χ3n) is 2.26. The summed E-state index contributed by atoms with van der Waals surface area (Å²) in [5.41, 5.74) is 5.95. The van der Waals surface area contributed by atoms with Crippen molar-refractivity contribution in [3.05, 3.63) is 29.8 Å². The van der Waals surface area contributed by atoms with Gasteiger partial charge in [-0.25, -0.2) is 9.38 Å². The van der Waals surface area contributed by atoms with Crippen molar-refractivity contribution in [3.63, 3.8) is 0 Å². The van der Waals surface area contributed by atoms with Crippen molar-refractivity contribution in [2.45, 2.75) is 26.8 Å². The van der Waals surface area contributed by atoms with E-state index in [1.165, 1.54) is 12.3 Å². The Labute approximate surface area is 101 Å². The van der Waals surface area contributed by atoms with Crippen molar-refractivity contribution in [1.29, 1.82) is 0 Å².